The van der Waals surface area contributed by atoms with Crippen LogP contribution in [0, 0.1) is 5.82 Å². The van der Waals surface area contributed by atoms with E-state index in [2.05, 4.69) is 4.98 Å². The van der Waals surface area contributed by atoms with Gasteiger partial charge in [-0.15, -0.1) is 0 Å². The van der Waals surface area contributed by atoms with Crippen molar-refractivity contribution >= 4 is 5.78 Å². The van der Waals surface area contributed by atoms with Crippen LogP contribution in [0.3, 0.4) is 0 Å². The normalized spacial score (nSPS) is 12.5. The minimum atomic E-state index is -0.371. The number of ketones is 1. The summed E-state index contributed by atoms with van der Waals surface area (Å²) >= 11 is 0. The lowest BCUT2D eigenvalue weighted by atomic mass is 9.99. The highest BCUT2D eigenvalue weighted by molar-refractivity contribution is 5.84. The molecule has 0 radical (unpaired) electrons. The Morgan fingerprint density at radius 2 is 2.29 bits per heavy atom. The Kier molecular flexibility index (Phi) is 3.74. The molecular weight excluding hydrogens is 181 g/mol. The van der Waals surface area contributed by atoms with E-state index in [0.29, 0.717) is 12.1 Å². The fourth-order valence-corrected chi connectivity index (χ4v) is 1.27. The van der Waals surface area contributed by atoms with Crippen molar-refractivity contribution in [2.75, 3.05) is 0 Å². The molecule has 1 aromatic rings. The lowest BCUT2D eigenvalue weighted by Gasteiger charge is -2.08. The number of Topliss-reactive ketones (excluding diaryl/α,β-unsaturated/α-hetero) is 1. The maximum Gasteiger partial charge on any atom is 0.141 e. The standard InChI is InChI=1S/C11H14FNO/c1-3-4-11(14)8(2)10-6-5-9(12)7-13-10/h5-8H,3-4H2,1-2H3. The number of halogens is 1. The third kappa shape index (κ3) is 2.62. The summed E-state index contributed by atoms with van der Waals surface area (Å²) in [5.41, 5.74) is 0.643. The van der Waals surface area contributed by atoms with Crippen molar-refractivity contribution < 1.29 is 9.18 Å². The summed E-state index contributed by atoms with van der Waals surface area (Å²) in [6, 6.07) is 2.89. The highest BCUT2D eigenvalue weighted by Gasteiger charge is 2.14. The van der Waals surface area contributed by atoms with Gasteiger partial charge in [0.15, 0.2) is 0 Å². The molecule has 0 N–H and O–H groups in total. The van der Waals surface area contributed by atoms with E-state index in [-0.39, 0.29) is 17.5 Å². The van der Waals surface area contributed by atoms with Crippen LogP contribution >= 0.6 is 0 Å². The van der Waals surface area contributed by atoms with Gasteiger partial charge in [-0.1, -0.05) is 6.92 Å². The van der Waals surface area contributed by atoms with Gasteiger partial charge in [0.1, 0.15) is 11.6 Å². The molecule has 2 nitrogen and oxygen atoms in total. The molecule has 0 aliphatic heterocycles. The third-order valence-corrected chi connectivity index (χ3v) is 2.17. The second-order valence-corrected chi connectivity index (χ2v) is 3.34. The molecule has 0 aromatic carbocycles. The zero-order chi connectivity index (χ0) is 10.6. The van der Waals surface area contributed by atoms with Crippen molar-refractivity contribution in [1.82, 2.24) is 4.98 Å². The van der Waals surface area contributed by atoms with Crippen LogP contribution in [0.15, 0.2) is 18.3 Å². The second-order valence-electron chi connectivity index (χ2n) is 3.34. The van der Waals surface area contributed by atoms with Crippen LogP contribution < -0.4 is 0 Å². The molecule has 0 amide bonds. The Balaban J connectivity index is 2.73. The van der Waals surface area contributed by atoms with Gasteiger partial charge in [-0.05, 0) is 25.5 Å². The van der Waals surface area contributed by atoms with Crippen LogP contribution in [0.25, 0.3) is 0 Å². The first-order valence-corrected chi connectivity index (χ1v) is 4.79. The molecule has 1 atom stereocenters. The van der Waals surface area contributed by atoms with Gasteiger partial charge >= 0.3 is 0 Å². The number of pyridine rings is 1. The summed E-state index contributed by atoms with van der Waals surface area (Å²) in [6.07, 6.45) is 2.54. The Morgan fingerprint density at radius 3 is 2.79 bits per heavy atom. The fraction of sp³-hybridized carbons (Fsp3) is 0.455. The molecule has 0 saturated carbocycles. The van der Waals surface area contributed by atoms with Gasteiger partial charge < -0.3 is 0 Å². The fourth-order valence-electron chi connectivity index (χ4n) is 1.27. The quantitative estimate of drug-likeness (QED) is 0.739. The molecule has 76 valence electrons. The van der Waals surface area contributed by atoms with Crippen LogP contribution in [-0.2, 0) is 4.79 Å². The summed E-state index contributed by atoms with van der Waals surface area (Å²) < 4.78 is 12.6. The molecule has 1 unspecified atom stereocenters. The second kappa shape index (κ2) is 4.84. The number of carbonyl (C=O) groups excluding carboxylic acids is 1. The molecule has 0 fully saturated rings. The van der Waals surface area contributed by atoms with E-state index in [1.54, 1.807) is 13.0 Å². The molecule has 0 spiro atoms. The highest BCUT2D eigenvalue weighted by atomic mass is 19.1. The summed E-state index contributed by atoms with van der Waals surface area (Å²) in [4.78, 5) is 15.4. The summed E-state index contributed by atoms with van der Waals surface area (Å²) in [5, 5.41) is 0. The average molecular weight is 195 g/mol. The SMILES string of the molecule is CCCC(=O)C(C)c1ccc(F)cn1. The smallest absolute Gasteiger partial charge is 0.141 e. The molecule has 1 rings (SSSR count). The van der Waals surface area contributed by atoms with Crippen molar-refractivity contribution in [3.8, 4) is 0 Å². The van der Waals surface area contributed by atoms with Crippen molar-refractivity contribution in [3.63, 3.8) is 0 Å². The van der Waals surface area contributed by atoms with E-state index in [0.717, 1.165) is 12.6 Å². The first kappa shape index (κ1) is 10.8. The summed E-state index contributed by atoms with van der Waals surface area (Å²) in [7, 11) is 0. The van der Waals surface area contributed by atoms with Crippen LogP contribution in [-0.4, -0.2) is 10.8 Å². The van der Waals surface area contributed by atoms with Crippen LogP contribution in [0.4, 0.5) is 4.39 Å². The van der Waals surface area contributed by atoms with E-state index in [1.165, 1.54) is 6.07 Å². The summed E-state index contributed by atoms with van der Waals surface area (Å²) in [5.74, 6) is -0.439. The maximum atomic E-state index is 12.6. The minimum Gasteiger partial charge on any atom is -0.299 e. The molecule has 1 heterocycles. The Hall–Kier alpha value is -1.25. The van der Waals surface area contributed by atoms with Crippen molar-refractivity contribution in [1.29, 1.82) is 0 Å². The van der Waals surface area contributed by atoms with Gasteiger partial charge in [0.2, 0.25) is 0 Å². The van der Waals surface area contributed by atoms with Crippen LogP contribution in [0.5, 0.6) is 0 Å². The van der Waals surface area contributed by atoms with E-state index < -0.39 is 0 Å². The van der Waals surface area contributed by atoms with E-state index in [1.807, 2.05) is 6.92 Å². The number of nitrogens with zero attached hydrogens (tertiary/aromatic N) is 1. The van der Waals surface area contributed by atoms with Crippen molar-refractivity contribution in [2.24, 2.45) is 0 Å². The molecule has 3 heteroatoms. The molecule has 0 bridgehead atoms. The predicted molar refractivity (Wildman–Crippen MR) is 52.5 cm³/mol. The predicted octanol–water partition coefficient (Wildman–Crippen LogP) is 2.69. The zero-order valence-electron chi connectivity index (χ0n) is 8.46. The molecule has 1 aromatic heterocycles. The first-order chi connectivity index (χ1) is 6.65. The first-order valence-electron chi connectivity index (χ1n) is 4.79. The number of hydrogen-bond acceptors (Lipinski definition) is 2. The molecule has 0 saturated heterocycles. The summed E-state index contributed by atoms with van der Waals surface area (Å²) in [6.45, 7) is 3.76. The van der Waals surface area contributed by atoms with E-state index in [4.69, 9.17) is 0 Å². The number of rotatable bonds is 4. The van der Waals surface area contributed by atoms with Gasteiger partial charge in [-0.2, -0.15) is 0 Å². The monoisotopic (exact) mass is 195 g/mol. The van der Waals surface area contributed by atoms with Gasteiger partial charge in [0.25, 0.3) is 0 Å². The van der Waals surface area contributed by atoms with E-state index >= 15 is 0 Å². The minimum absolute atomic E-state index is 0.159. The third-order valence-electron chi connectivity index (χ3n) is 2.17. The molecule has 0 aliphatic carbocycles. The van der Waals surface area contributed by atoms with Gasteiger partial charge in [-0.3, -0.25) is 9.78 Å². The molecule has 14 heavy (non-hydrogen) atoms. The molecular formula is C11H14FNO. The Morgan fingerprint density at radius 1 is 1.57 bits per heavy atom. The van der Waals surface area contributed by atoms with E-state index in [9.17, 15) is 9.18 Å². The Bertz CT molecular complexity index is 308. The van der Waals surface area contributed by atoms with Crippen LogP contribution in [0.1, 0.15) is 38.3 Å². The van der Waals surface area contributed by atoms with Gasteiger partial charge in [0.05, 0.1) is 17.8 Å². The van der Waals surface area contributed by atoms with Crippen LogP contribution in [0.2, 0.25) is 0 Å². The zero-order valence-corrected chi connectivity index (χ0v) is 8.46. The average Bonchev–Trinajstić information content (AvgIpc) is 2.18. The lowest BCUT2D eigenvalue weighted by molar-refractivity contribution is -0.120. The van der Waals surface area contributed by atoms with Crippen molar-refractivity contribution in [2.45, 2.75) is 32.6 Å². The Labute approximate surface area is 83.2 Å². The van der Waals surface area contributed by atoms with Crippen molar-refractivity contribution in [3.05, 3.63) is 29.8 Å². The maximum absolute atomic E-state index is 12.6. The van der Waals surface area contributed by atoms with Gasteiger partial charge in [0, 0.05) is 6.42 Å². The van der Waals surface area contributed by atoms with Gasteiger partial charge in [-0.25, -0.2) is 4.39 Å². The number of carbonyl (C=O) groups is 1. The highest BCUT2D eigenvalue weighted by Crippen LogP contribution is 2.15. The number of aromatic nitrogens is 1. The largest absolute Gasteiger partial charge is 0.299 e. The number of hydrogen-bond donors (Lipinski definition) is 0. The topological polar surface area (TPSA) is 30.0 Å². The lowest BCUT2D eigenvalue weighted by Crippen LogP contribution is -2.10. The molecule has 0 aliphatic rings.